The van der Waals surface area contributed by atoms with E-state index in [1.54, 1.807) is 11.3 Å². The van der Waals surface area contributed by atoms with Gasteiger partial charge < -0.3 is 4.42 Å². The highest BCUT2D eigenvalue weighted by Gasteiger charge is 2.35. The molecule has 1 amide bonds. The Balaban J connectivity index is 1.72. The van der Waals surface area contributed by atoms with Crippen molar-refractivity contribution in [2.24, 2.45) is 5.10 Å². The second kappa shape index (κ2) is 6.64. The van der Waals surface area contributed by atoms with Crippen molar-refractivity contribution in [3.8, 4) is 0 Å². The minimum atomic E-state index is -0.227. The van der Waals surface area contributed by atoms with Crippen molar-refractivity contribution in [2.75, 3.05) is 0 Å². The smallest absolute Gasteiger partial charge is 0.274 e. The highest BCUT2D eigenvalue weighted by Crippen LogP contribution is 2.34. The van der Waals surface area contributed by atoms with Gasteiger partial charge in [0.25, 0.3) is 5.91 Å². The Labute approximate surface area is 152 Å². The molecule has 0 spiro atoms. The first-order valence-corrected chi connectivity index (χ1v) is 8.70. The molecule has 1 aliphatic heterocycles. The molecule has 4 nitrogen and oxygen atoms in total. The number of amides is 1. The molecular weight excluding hydrogens is 324 g/mol. The molecule has 2 aromatic carbocycles. The van der Waals surface area contributed by atoms with E-state index in [4.69, 9.17) is 4.42 Å². The van der Waals surface area contributed by atoms with Crippen LogP contribution in [0.4, 0.5) is 0 Å². The number of carbonyl (C=O) groups excluding carboxylic acids is 1. The summed E-state index contributed by atoms with van der Waals surface area (Å²) in [5.74, 6) is 0.633. The largest absolute Gasteiger partial charge is 0.467 e. The highest BCUT2D eigenvalue weighted by molar-refractivity contribution is 6.05. The van der Waals surface area contributed by atoms with E-state index >= 15 is 0 Å². The van der Waals surface area contributed by atoms with Gasteiger partial charge >= 0.3 is 0 Å². The molecule has 26 heavy (non-hydrogen) atoms. The molecule has 0 aliphatic carbocycles. The van der Waals surface area contributed by atoms with Gasteiger partial charge in [-0.1, -0.05) is 47.5 Å². The van der Waals surface area contributed by atoms with Gasteiger partial charge in [0.1, 0.15) is 11.8 Å². The minimum Gasteiger partial charge on any atom is -0.467 e. The molecule has 4 heteroatoms. The molecule has 0 bridgehead atoms. The Morgan fingerprint density at radius 3 is 2.54 bits per heavy atom. The SMILES string of the molecule is Cc1ccc(C2=NN(C(=O)c3cccc(C)c3)[C@@H](c3ccco3)C2)cc1. The summed E-state index contributed by atoms with van der Waals surface area (Å²) in [4.78, 5) is 13.1. The lowest BCUT2D eigenvalue weighted by molar-refractivity contribution is 0.0692. The molecule has 1 aromatic heterocycles. The normalized spacial score (nSPS) is 16.6. The number of carbonyl (C=O) groups is 1. The number of furan rings is 1. The molecule has 4 rings (SSSR count). The van der Waals surface area contributed by atoms with E-state index in [0.29, 0.717) is 12.0 Å². The molecule has 3 aromatic rings. The lowest BCUT2D eigenvalue weighted by Crippen LogP contribution is -2.26. The maximum absolute atomic E-state index is 13.1. The Morgan fingerprint density at radius 2 is 1.85 bits per heavy atom. The molecule has 0 N–H and O–H groups in total. The standard InChI is InChI=1S/C22H20N2O2/c1-15-8-10-17(11-9-15)19-14-20(21-7-4-12-26-21)24(23-19)22(25)18-6-3-5-16(2)13-18/h3-13,20H,14H2,1-2H3/t20-/m1/s1. The maximum Gasteiger partial charge on any atom is 0.274 e. The first kappa shape index (κ1) is 16.3. The predicted octanol–water partition coefficient (Wildman–Crippen LogP) is 4.89. The zero-order chi connectivity index (χ0) is 18.1. The number of hydrazone groups is 1. The average Bonchev–Trinajstić information content (AvgIpc) is 3.31. The highest BCUT2D eigenvalue weighted by atomic mass is 16.3. The fraction of sp³-hybridized carbons (Fsp3) is 0.182. The molecule has 1 atom stereocenters. The van der Waals surface area contributed by atoms with Gasteiger partial charge in [-0.2, -0.15) is 5.10 Å². The predicted molar refractivity (Wildman–Crippen MR) is 101 cm³/mol. The van der Waals surface area contributed by atoms with Crippen LogP contribution < -0.4 is 0 Å². The van der Waals surface area contributed by atoms with Crippen LogP contribution in [0.15, 0.2) is 76.4 Å². The number of nitrogens with zero attached hydrogens (tertiary/aromatic N) is 2. The summed E-state index contributed by atoms with van der Waals surface area (Å²) in [5, 5.41) is 6.23. The molecule has 1 aliphatic rings. The van der Waals surface area contributed by atoms with Crippen molar-refractivity contribution in [3.63, 3.8) is 0 Å². The van der Waals surface area contributed by atoms with E-state index in [1.807, 2.05) is 55.5 Å². The molecule has 0 unspecified atom stereocenters. The van der Waals surface area contributed by atoms with Crippen LogP contribution in [-0.2, 0) is 0 Å². The Bertz CT molecular complexity index is 956. The van der Waals surface area contributed by atoms with Crippen LogP contribution in [0.3, 0.4) is 0 Å². The summed E-state index contributed by atoms with van der Waals surface area (Å²) < 4.78 is 5.59. The number of rotatable bonds is 3. The van der Waals surface area contributed by atoms with Crippen LogP contribution in [0.25, 0.3) is 0 Å². The third-order valence-corrected chi connectivity index (χ3v) is 4.64. The summed E-state index contributed by atoms with van der Waals surface area (Å²) in [5.41, 5.74) is 4.81. The average molecular weight is 344 g/mol. The molecule has 0 radical (unpaired) electrons. The van der Waals surface area contributed by atoms with Crippen LogP contribution in [0, 0.1) is 13.8 Å². The summed E-state index contributed by atoms with van der Waals surface area (Å²) in [6.07, 6.45) is 2.27. The lowest BCUT2D eigenvalue weighted by atomic mass is 10.0. The zero-order valence-electron chi connectivity index (χ0n) is 14.8. The van der Waals surface area contributed by atoms with Gasteiger partial charge in [-0.05, 0) is 43.7 Å². The van der Waals surface area contributed by atoms with Crippen LogP contribution in [-0.4, -0.2) is 16.6 Å². The van der Waals surface area contributed by atoms with Gasteiger partial charge in [-0.25, -0.2) is 5.01 Å². The summed E-state index contributed by atoms with van der Waals surface area (Å²) in [6, 6.07) is 19.3. The summed E-state index contributed by atoms with van der Waals surface area (Å²) >= 11 is 0. The molecular formula is C22H20N2O2. The van der Waals surface area contributed by atoms with Crippen molar-refractivity contribution >= 4 is 11.6 Å². The Hall–Kier alpha value is -3.14. The van der Waals surface area contributed by atoms with Crippen LogP contribution in [0.1, 0.15) is 45.3 Å². The van der Waals surface area contributed by atoms with E-state index in [9.17, 15) is 4.79 Å². The number of benzene rings is 2. The maximum atomic E-state index is 13.1. The van der Waals surface area contributed by atoms with Crippen molar-refractivity contribution in [3.05, 3.63) is 94.9 Å². The molecule has 0 fully saturated rings. The van der Waals surface area contributed by atoms with Gasteiger partial charge in [0.05, 0.1) is 12.0 Å². The van der Waals surface area contributed by atoms with E-state index < -0.39 is 0 Å². The lowest BCUT2D eigenvalue weighted by Gasteiger charge is -2.20. The third kappa shape index (κ3) is 3.06. The Morgan fingerprint density at radius 1 is 1.04 bits per heavy atom. The first-order valence-electron chi connectivity index (χ1n) is 8.70. The van der Waals surface area contributed by atoms with E-state index in [1.165, 1.54) is 5.56 Å². The van der Waals surface area contributed by atoms with Gasteiger partial charge in [0.2, 0.25) is 0 Å². The second-order valence-electron chi connectivity index (χ2n) is 6.67. The fourth-order valence-electron chi connectivity index (χ4n) is 3.23. The van der Waals surface area contributed by atoms with Crippen molar-refractivity contribution < 1.29 is 9.21 Å². The first-order chi connectivity index (χ1) is 12.6. The third-order valence-electron chi connectivity index (χ3n) is 4.64. The van der Waals surface area contributed by atoms with Crippen molar-refractivity contribution in [1.29, 1.82) is 0 Å². The zero-order valence-corrected chi connectivity index (χ0v) is 14.8. The van der Waals surface area contributed by atoms with E-state index in [0.717, 1.165) is 22.6 Å². The monoisotopic (exact) mass is 344 g/mol. The van der Waals surface area contributed by atoms with E-state index in [-0.39, 0.29) is 11.9 Å². The summed E-state index contributed by atoms with van der Waals surface area (Å²) in [7, 11) is 0. The van der Waals surface area contributed by atoms with Crippen molar-refractivity contribution in [2.45, 2.75) is 26.3 Å². The number of aryl methyl sites for hydroxylation is 2. The quantitative estimate of drug-likeness (QED) is 0.679. The molecule has 0 saturated carbocycles. The van der Waals surface area contributed by atoms with Crippen LogP contribution >= 0.6 is 0 Å². The van der Waals surface area contributed by atoms with Crippen LogP contribution in [0.2, 0.25) is 0 Å². The number of hydrogen-bond donors (Lipinski definition) is 0. The molecule has 130 valence electrons. The fourth-order valence-corrected chi connectivity index (χ4v) is 3.23. The Kier molecular flexibility index (Phi) is 4.17. The van der Waals surface area contributed by atoms with Gasteiger partial charge in [-0.15, -0.1) is 0 Å². The van der Waals surface area contributed by atoms with Crippen molar-refractivity contribution in [1.82, 2.24) is 5.01 Å². The second-order valence-corrected chi connectivity index (χ2v) is 6.67. The topological polar surface area (TPSA) is 45.8 Å². The molecule has 0 saturated heterocycles. The van der Waals surface area contributed by atoms with E-state index in [2.05, 4.69) is 24.2 Å². The van der Waals surface area contributed by atoms with Gasteiger partial charge in [0.15, 0.2) is 0 Å². The molecule has 2 heterocycles. The van der Waals surface area contributed by atoms with Crippen LogP contribution in [0.5, 0.6) is 0 Å². The minimum absolute atomic E-state index is 0.114. The van der Waals surface area contributed by atoms with Gasteiger partial charge in [-0.3, -0.25) is 4.79 Å². The number of hydrogen-bond acceptors (Lipinski definition) is 3. The summed E-state index contributed by atoms with van der Waals surface area (Å²) in [6.45, 7) is 4.03. The van der Waals surface area contributed by atoms with Gasteiger partial charge in [0, 0.05) is 12.0 Å².